The van der Waals surface area contributed by atoms with Crippen molar-refractivity contribution in [3.8, 4) is 44.8 Å². The van der Waals surface area contributed by atoms with E-state index in [2.05, 4.69) is 121 Å². The number of oxazole rings is 1. The molecule has 0 spiro atoms. The van der Waals surface area contributed by atoms with Crippen LogP contribution >= 0.6 is 0 Å². The van der Waals surface area contributed by atoms with Crippen LogP contribution in [0, 0.1) is 0 Å². The van der Waals surface area contributed by atoms with Crippen molar-refractivity contribution in [2.45, 2.75) is 0 Å². The van der Waals surface area contributed by atoms with Crippen molar-refractivity contribution in [1.29, 1.82) is 0 Å². The maximum absolute atomic E-state index is 6.43. The van der Waals surface area contributed by atoms with E-state index in [1.165, 1.54) is 21.9 Å². The van der Waals surface area contributed by atoms with Gasteiger partial charge < -0.3 is 8.83 Å². The van der Waals surface area contributed by atoms with Crippen molar-refractivity contribution in [3.05, 3.63) is 152 Å². The summed E-state index contributed by atoms with van der Waals surface area (Å²) in [7, 11) is 0. The molecule has 0 atom stereocenters. The quantitative estimate of drug-likeness (QED) is 0.214. The van der Waals surface area contributed by atoms with Crippen LogP contribution in [0.4, 0.5) is 0 Å². The summed E-state index contributed by atoms with van der Waals surface area (Å²) in [4.78, 5) is 4.86. The predicted octanol–water partition coefficient (Wildman–Crippen LogP) is 11.5. The molecule has 9 aromatic rings. The lowest BCUT2D eigenvalue weighted by Crippen LogP contribution is -1.82. The molecule has 0 aliphatic rings. The number of para-hydroxylation sites is 3. The van der Waals surface area contributed by atoms with Gasteiger partial charge in [-0.2, -0.15) is 0 Å². The Morgan fingerprint density at radius 1 is 0.386 bits per heavy atom. The summed E-state index contributed by atoms with van der Waals surface area (Å²) in [5.41, 5.74) is 11.0. The summed E-state index contributed by atoms with van der Waals surface area (Å²) in [5.74, 6) is 0.605. The Hall–Kier alpha value is -5.93. The van der Waals surface area contributed by atoms with E-state index in [0.29, 0.717) is 5.89 Å². The fourth-order valence-corrected chi connectivity index (χ4v) is 6.28. The number of benzene rings is 7. The van der Waals surface area contributed by atoms with E-state index in [1.54, 1.807) is 0 Å². The normalized spacial score (nSPS) is 11.6. The summed E-state index contributed by atoms with van der Waals surface area (Å²) in [6, 6.07) is 52.7. The molecule has 2 aromatic heterocycles. The maximum atomic E-state index is 6.43. The third kappa shape index (κ3) is 4.02. The van der Waals surface area contributed by atoms with E-state index in [9.17, 15) is 0 Å². The van der Waals surface area contributed by atoms with Gasteiger partial charge in [-0.25, -0.2) is 4.98 Å². The Bertz CT molecular complexity index is 2480. The summed E-state index contributed by atoms with van der Waals surface area (Å²) in [6.45, 7) is 0. The van der Waals surface area contributed by atoms with Crippen LogP contribution < -0.4 is 0 Å². The first-order chi connectivity index (χ1) is 21.8. The molecule has 0 fully saturated rings. The van der Waals surface area contributed by atoms with E-state index in [-0.39, 0.29) is 0 Å². The molecule has 3 nitrogen and oxygen atoms in total. The van der Waals surface area contributed by atoms with Crippen molar-refractivity contribution in [2.75, 3.05) is 0 Å². The van der Waals surface area contributed by atoms with Crippen LogP contribution in [0.15, 0.2) is 160 Å². The Kier molecular flexibility index (Phi) is 5.50. The Morgan fingerprint density at radius 2 is 1.00 bits per heavy atom. The molecule has 9 rings (SSSR count). The highest BCUT2D eigenvalue weighted by Gasteiger charge is 2.15. The lowest BCUT2D eigenvalue weighted by atomic mass is 9.98. The van der Waals surface area contributed by atoms with Gasteiger partial charge >= 0.3 is 0 Å². The topological polar surface area (TPSA) is 39.2 Å². The monoisotopic (exact) mass is 563 g/mol. The van der Waals surface area contributed by atoms with Crippen LogP contribution in [0.3, 0.4) is 0 Å². The summed E-state index contributed by atoms with van der Waals surface area (Å²) in [6.07, 6.45) is 0. The summed E-state index contributed by atoms with van der Waals surface area (Å²) < 4.78 is 12.7. The number of aromatic nitrogens is 1. The number of fused-ring (bicyclic) bond motifs is 5. The van der Waals surface area contributed by atoms with E-state index in [4.69, 9.17) is 13.8 Å². The first kappa shape index (κ1) is 24.6. The smallest absolute Gasteiger partial charge is 0.227 e. The Morgan fingerprint density at radius 3 is 1.82 bits per heavy atom. The van der Waals surface area contributed by atoms with Crippen molar-refractivity contribution in [1.82, 2.24) is 4.98 Å². The van der Waals surface area contributed by atoms with Crippen LogP contribution in [0.25, 0.3) is 88.6 Å². The number of hydrogen-bond acceptors (Lipinski definition) is 3. The minimum absolute atomic E-state index is 0.605. The fraction of sp³-hybridized carbons (Fsp3) is 0. The van der Waals surface area contributed by atoms with E-state index >= 15 is 0 Å². The molecule has 0 radical (unpaired) electrons. The highest BCUT2D eigenvalue weighted by atomic mass is 16.3. The van der Waals surface area contributed by atoms with Crippen LogP contribution in [-0.4, -0.2) is 4.98 Å². The van der Waals surface area contributed by atoms with Gasteiger partial charge in [0.05, 0.1) is 0 Å². The molecule has 3 heteroatoms. The van der Waals surface area contributed by atoms with Crippen LogP contribution in [0.2, 0.25) is 0 Å². The molecular weight excluding hydrogens is 538 g/mol. The Labute approximate surface area is 253 Å². The first-order valence-corrected chi connectivity index (χ1v) is 14.8. The highest BCUT2D eigenvalue weighted by Crippen LogP contribution is 2.38. The average Bonchev–Trinajstić information content (AvgIpc) is 3.70. The zero-order chi connectivity index (χ0) is 29.0. The minimum atomic E-state index is 0.605. The van der Waals surface area contributed by atoms with Crippen molar-refractivity contribution in [3.63, 3.8) is 0 Å². The Balaban J connectivity index is 1.04. The second-order valence-corrected chi connectivity index (χ2v) is 11.2. The van der Waals surface area contributed by atoms with Crippen LogP contribution in [-0.2, 0) is 0 Å². The van der Waals surface area contributed by atoms with E-state index in [1.807, 2.05) is 30.3 Å². The minimum Gasteiger partial charge on any atom is -0.455 e. The zero-order valence-electron chi connectivity index (χ0n) is 23.7. The van der Waals surface area contributed by atoms with Gasteiger partial charge in [0.1, 0.15) is 16.7 Å². The molecule has 7 aromatic carbocycles. The molecule has 0 unspecified atom stereocenters. The molecule has 0 N–H and O–H groups in total. The number of nitrogens with zero attached hydrogens (tertiary/aromatic N) is 1. The lowest BCUT2D eigenvalue weighted by molar-refractivity contribution is 0.621. The van der Waals surface area contributed by atoms with Gasteiger partial charge in [0.15, 0.2) is 5.58 Å². The van der Waals surface area contributed by atoms with Gasteiger partial charge in [0.2, 0.25) is 5.89 Å². The van der Waals surface area contributed by atoms with Gasteiger partial charge in [0, 0.05) is 27.5 Å². The van der Waals surface area contributed by atoms with Crippen molar-refractivity contribution in [2.24, 2.45) is 0 Å². The van der Waals surface area contributed by atoms with E-state index < -0.39 is 0 Å². The second-order valence-electron chi connectivity index (χ2n) is 11.2. The standard InChI is InChI=1S/C41H25NO2/c1-2-8-31-25-32(24-17-26(31)7-1)27-15-18-29(19-16-27)34-11-6-13-37-40(34)44-41(42-37)30-22-20-28(21-23-30)33-10-5-12-36-35-9-3-4-14-38(35)43-39(33)36/h1-25H. The molecule has 0 aliphatic heterocycles. The summed E-state index contributed by atoms with van der Waals surface area (Å²) in [5, 5.41) is 4.75. The van der Waals surface area contributed by atoms with Gasteiger partial charge in [-0.05, 0) is 63.4 Å². The SMILES string of the molecule is c1ccc2cc(-c3ccc(-c4cccc5nc(-c6ccc(-c7cccc8c7oc7ccccc78)cc6)oc45)cc3)ccc2c1. The molecule has 0 bridgehead atoms. The van der Waals surface area contributed by atoms with Crippen LogP contribution in [0.1, 0.15) is 0 Å². The summed E-state index contributed by atoms with van der Waals surface area (Å²) >= 11 is 0. The largest absolute Gasteiger partial charge is 0.455 e. The number of hydrogen-bond donors (Lipinski definition) is 0. The van der Waals surface area contributed by atoms with Crippen molar-refractivity contribution >= 4 is 43.8 Å². The predicted molar refractivity (Wildman–Crippen MR) is 181 cm³/mol. The molecular formula is C41H25NO2. The average molecular weight is 564 g/mol. The third-order valence-electron chi connectivity index (χ3n) is 8.54. The molecule has 0 aliphatic carbocycles. The fourth-order valence-electron chi connectivity index (χ4n) is 6.28. The zero-order valence-corrected chi connectivity index (χ0v) is 23.7. The van der Waals surface area contributed by atoms with E-state index in [0.717, 1.165) is 60.9 Å². The number of rotatable bonds is 4. The lowest BCUT2D eigenvalue weighted by Gasteiger charge is -2.07. The molecule has 206 valence electrons. The van der Waals surface area contributed by atoms with Gasteiger partial charge in [-0.3, -0.25) is 0 Å². The first-order valence-electron chi connectivity index (χ1n) is 14.8. The molecule has 0 saturated heterocycles. The van der Waals surface area contributed by atoms with Crippen LogP contribution in [0.5, 0.6) is 0 Å². The van der Waals surface area contributed by atoms with Gasteiger partial charge in [-0.1, -0.05) is 121 Å². The highest BCUT2D eigenvalue weighted by molar-refractivity contribution is 6.09. The third-order valence-corrected chi connectivity index (χ3v) is 8.54. The molecule has 2 heterocycles. The molecule has 0 saturated carbocycles. The maximum Gasteiger partial charge on any atom is 0.227 e. The van der Waals surface area contributed by atoms with Crippen molar-refractivity contribution < 1.29 is 8.83 Å². The molecule has 0 amide bonds. The van der Waals surface area contributed by atoms with Gasteiger partial charge in [0.25, 0.3) is 0 Å². The van der Waals surface area contributed by atoms with Gasteiger partial charge in [-0.15, -0.1) is 0 Å². The number of furan rings is 1. The second kappa shape index (κ2) is 9.82. The molecule has 44 heavy (non-hydrogen) atoms.